The molecule has 22 heavy (non-hydrogen) atoms. The second kappa shape index (κ2) is 6.23. The minimum absolute atomic E-state index is 0.0265. The van der Waals surface area contributed by atoms with E-state index in [9.17, 15) is 18.0 Å². The third kappa shape index (κ3) is 3.03. The molecule has 0 aromatic carbocycles. The van der Waals surface area contributed by atoms with E-state index < -0.39 is 20.7 Å². The van der Waals surface area contributed by atoms with E-state index in [0.29, 0.717) is 13.0 Å². The first-order valence-corrected chi connectivity index (χ1v) is 9.41. The molecule has 2 aliphatic rings. The van der Waals surface area contributed by atoms with Gasteiger partial charge in [-0.1, -0.05) is 12.2 Å². The van der Waals surface area contributed by atoms with E-state index in [1.54, 1.807) is 0 Å². The monoisotopic (exact) mass is 347 g/mol. The van der Waals surface area contributed by atoms with Crippen molar-refractivity contribution in [3.63, 3.8) is 0 Å². The Kier molecular flexibility index (Phi) is 4.91. The molecule has 2 fully saturated rings. The number of sulfone groups is 1. The Balaban J connectivity index is 2.41. The molecule has 0 N–H and O–H groups in total. The molecular weight excluding hydrogens is 326 g/mol. The van der Waals surface area contributed by atoms with Crippen molar-refractivity contribution in [2.45, 2.75) is 43.9 Å². The van der Waals surface area contributed by atoms with E-state index in [4.69, 9.17) is 17.0 Å². The number of rotatable bonds is 6. The lowest BCUT2D eigenvalue weighted by molar-refractivity contribution is -0.146. The average molecular weight is 347 g/mol. The molecule has 1 aliphatic carbocycles. The molecule has 0 amide bonds. The van der Waals surface area contributed by atoms with E-state index in [-0.39, 0.29) is 35.3 Å². The summed E-state index contributed by atoms with van der Waals surface area (Å²) < 4.78 is 30.6. The summed E-state index contributed by atoms with van der Waals surface area (Å²) in [6.07, 6.45) is 2.39. The van der Waals surface area contributed by atoms with Gasteiger partial charge in [0.15, 0.2) is 9.84 Å². The maximum Gasteiger partial charge on any atom is 0.347 e. The van der Waals surface area contributed by atoms with E-state index in [2.05, 4.69) is 0 Å². The van der Waals surface area contributed by atoms with Crippen LogP contribution in [0.4, 0.5) is 0 Å². The first kappa shape index (κ1) is 17.3. The van der Waals surface area contributed by atoms with Crippen molar-refractivity contribution in [3.8, 4) is 0 Å². The number of hydrogen-bond acceptors (Lipinski definition) is 6. The van der Waals surface area contributed by atoms with E-state index in [1.165, 1.54) is 18.9 Å². The zero-order valence-corrected chi connectivity index (χ0v) is 14.5. The highest BCUT2D eigenvalue weighted by Gasteiger charge is 2.60. The maximum absolute atomic E-state index is 12.9. The molecule has 1 aliphatic heterocycles. The number of ether oxygens (including phenoxy) is 1. The predicted molar refractivity (Wildman–Crippen MR) is 85.1 cm³/mol. The largest absolute Gasteiger partial charge is 0.466 e. The van der Waals surface area contributed by atoms with Crippen LogP contribution in [0, 0.1) is 5.92 Å². The Morgan fingerprint density at radius 2 is 2.00 bits per heavy atom. The number of ketones is 1. The summed E-state index contributed by atoms with van der Waals surface area (Å²) in [6, 6.07) is 0. The molecule has 1 atom stereocenters. The number of carbonyl (C=O) groups is 2. The Morgan fingerprint density at radius 3 is 2.50 bits per heavy atom. The predicted octanol–water partition coefficient (Wildman–Crippen LogP) is 1.08. The number of nitrogens with zero attached hydrogens (tertiary/aromatic N) is 1. The second-order valence-electron chi connectivity index (χ2n) is 6.03. The van der Waals surface area contributed by atoms with Crippen molar-refractivity contribution < 1.29 is 22.7 Å². The van der Waals surface area contributed by atoms with Gasteiger partial charge in [-0.05, 0) is 38.5 Å². The van der Waals surface area contributed by atoms with Gasteiger partial charge in [0.05, 0.1) is 24.3 Å². The van der Waals surface area contributed by atoms with Gasteiger partial charge < -0.3 is 9.64 Å². The van der Waals surface area contributed by atoms with Crippen molar-refractivity contribution in [1.29, 1.82) is 0 Å². The Hall–Kier alpha value is -1.02. The number of hydrogen-bond donors (Lipinski definition) is 0. The smallest absolute Gasteiger partial charge is 0.347 e. The minimum atomic E-state index is -3.75. The molecule has 0 radical (unpaired) electrons. The number of Topliss-reactive ketones (excluding diaryl/α,β-unsaturated/α-hetero) is 1. The molecular formula is C14H21NO5S2. The van der Waals surface area contributed by atoms with Gasteiger partial charge in [-0.2, -0.15) is 0 Å². The van der Waals surface area contributed by atoms with Gasteiger partial charge in [-0.15, -0.1) is 0 Å². The third-order valence-electron chi connectivity index (χ3n) is 4.21. The van der Waals surface area contributed by atoms with Crippen molar-refractivity contribution in [2.75, 3.05) is 19.4 Å². The van der Waals surface area contributed by atoms with Crippen LogP contribution in [0.5, 0.6) is 0 Å². The summed E-state index contributed by atoms with van der Waals surface area (Å²) in [6.45, 7) is 1.74. The first-order valence-electron chi connectivity index (χ1n) is 7.35. The molecule has 0 aromatic heterocycles. The van der Waals surface area contributed by atoms with Gasteiger partial charge in [0.1, 0.15) is 5.78 Å². The fourth-order valence-corrected chi connectivity index (χ4v) is 6.05. The molecule has 1 saturated carbocycles. The second-order valence-corrected chi connectivity index (χ2v) is 8.74. The van der Waals surface area contributed by atoms with Crippen molar-refractivity contribution in [2.24, 2.45) is 5.92 Å². The number of methoxy groups -OCH3 is 1. The summed E-state index contributed by atoms with van der Waals surface area (Å²) in [5.41, 5.74) is 0. The van der Waals surface area contributed by atoms with Gasteiger partial charge in [-0.3, -0.25) is 4.79 Å². The summed E-state index contributed by atoms with van der Waals surface area (Å²) >= 11 is 5.24. The molecule has 0 spiro atoms. The normalized spacial score (nSPS) is 25.1. The van der Waals surface area contributed by atoms with E-state index in [0.717, 1.165) is 12.8 Å². The van der Waals surface area contributed by atoms with Crippen LogP contribution in [0.15, 0.2) is 0 Å². The van der Waals surface area contributed by atoms with Gasteiger partial charge >= 0.3 is 5.97 Å². The average Bonchev–Trinajstić information content (AvgIpc) is 3.09. The molecule has 1 unspecified atom stereocenters. The van der Waals surface area contributed by atoms with E-state index in [1.807, 2.05) is 0 Å². The van der Waals surface area contributed by atoms with Crippen LogP contribution < -0.4 is 0 Å². The van der Waals surface area contributed by atoms with Crippen LogP contribution in [-0.2, 0) is 24.2 Å². The van der Waals surface area contributed by atoms with Crippen LogP contribution in [-0.4, -0.2) is 54.3 Å². The minimum Gasteiger partial charge on any atom is -0.466 e. The molecule has 8 heteroatoms. The summed E-state index contributed by atoms with van der Waals surface area (Å²) in [7, 11) is -2.57. The zero-order valence-electron chi connectivity index (χ0n) is 12.8. The lowest BCUT2D eigenvalue weighted by Crippen LogP contribution is -2.59. The quantitative estimate of drug-likeness (QED) is 0.525. The number of carbonyl (C=O) groups excluding carboxylic acids is 2. The first-order chi connectivity index (χ1) is 10.2. The van der Waals surface area contributed by atoms with Gasteiger partial charge in [0.2, 0.25) is 4.87 Å². The molecule has 6 nitrogen and oxygen atoms in total. The van der Waals surface area contributed by atoms with Crippen molar-refractivity contribution in [1.82, 2.24) is 4.90 Å². The molecule has 0 bridgehead atoms. The highest BCUT2D eigenvalue weighted by atomic mass is 32.2. The topological polar surface area (TPSA) is 80.8 Å². The fraction of sp³-hybridized carbons (Fsp3) is 0.786. The third-order valence-corrected chi connectivity index (χ3v) is 7.10. The number of likely N-dealkylation sites (tertiary alicyclic amines) is 1. The number of esters is 1. The molecule has 0 aromatic rings. The number of thiocarbonyl (C=S) groups is 1. The molecule has 1 heterocycles. The van der Waals surface area contributed by atoms with E-state index >= 15 is 0 Å². The summed E-state index contributed by atoms with van der Waals surface area (Å²) in [4.78, 5) is 23.6. The van der Waals surface area contributed by atoms with Crippen LogP contribution in [0.3, 0.4) is 0 Å². The molecule has 124 valence electrons. The maximum atomic E-state index is 12.9. The highest BCUT2D eigenvalue weighted by Crippen LogP contribution is 2.41. The van der Waals surface area contributed by atoms with Crippen molar-refractivity contribution >= 4 is 38.8 Å². The fourth-order valence-electron chi connectivity index (χ4n) is 2.98. The van der Waals surface area contributed by atoms with Gasteiger partial charge in [0.25, 0.3) is 0 Å². The standard InChI is InChI=1S/C14H21NO5S2/c1-10(16)8-12(21)15-7-3-6-14(15,13(17)20-2)22(18,19)9-11-4-5-11/h11H,3-9H2,1-2H3. The Labute approximate surface area is 136 Å². The van der Waals surface area contributed by atoms with Gasteiger partial charge in [0, 0.05) is 6.54 Å². The summed E-state index contributed by atoms with van der Waals surface area (Å²) in [5.74, 6) is -0.858. The Bertz CT molecular complexity index is 596. The van der Waals surface area contributed by atoms with Crippen LogP contribution >= 0.6 is 12.2 Å². The highest BCUT2D eigenvalue weighted by molar-refractivity contribution is 7.93. The lowest BCUT2D eigenvalue weighted by Gasteiger charge is -2.36. The van der Waals surface area contributed by atoms with Crippen LogP contribution in [0.2, 0.25) is 0 Å². The Morgan fingerprint density at radius 1 is 1.36 bits per heavy atom. The van der Waals surface area contributed by atoms with Crippen LogP contribution in [0.25, 0.3) is 0 Å². The van der Waals surface area contributed by atoms with Crippen molar-refractivity contribution in [3.05, 3.63) is 0 Å². The lowest BCUT2D eigenvalue weighted by atomic mass is 10.2. The molecule has 2 rings (SSSR count). The summed E-state index contributed by atoms with van der Waals surface area (Å²) in [5, 5.41) is 0. The zero-order chi connectivity index (χ0) is 16.5. The van der Waals surface area contributed by atoms with Crippen LogP contribution in [0.1, 0.15) is 39.0 Å². The van der Waals surface area contributed by atoms with Gasteiger partial charge in [-0.25, -0.2) is 13.2 Å². The molecule has 1 saturated heterocycles. The SMILES string of the molecule is COC(=O)C1(S(=O)(=O)CC2CC2)CCCN1C(=S)CC(C)=O.